The normalized spacial score (nSPS) is 13.7. The second-order valence-corrected chi connectivity index (χ2v) is 5.48. The van der Waals surface area contributed by atoms with Gasteiger partial charge in [0.25, 0.3) is 0 Å². The number of hydrogen-bond acceptors (Lipinski definition) is 3. The van der Waals surface area contributed by atoms with Crippen LogP contribution in [0, 0.1) is 0 Å². The van der Waals surface area contributed by atoms with E-state index in [1.165, 1.54) is 4.88 Å². The molecule has 1 amide bonds. The molecule has 0 aliphatic carbocycles. The maximum Gasteiger partial charge on any atom is 0.246 e. The molecule has 1 unspecified atom stereocenters. The molecule has 0 aromatic carbocycles. The Hall–Kier alpha value is -1.13. The number of nitrogens with one attached hydrogen (secondary N) is 1. The molecule has 0 saturated carbocycles. The lowest BCUT2D eigenvalue weighted by molar-refractivity contribution is -0.117. The zero-order valence-corrected chi connectivity index (χ0v) is 12.4. The maximum absolute atomic E-state index is 11.8. The number of nitrogens with zero attached hydrogens (tertiary/aromatic N) is 1. The van der Waals surface area contributed by atoms with Crippen molar-refractivity contribution < 1.29 is 4.79 Å². The van der Waals surface area contributed by atoms with E-state index in [-0.39, 0.29) is 11.9 Å². The van der Waals surface area contributed by atoms with Crippen LogP contribution in [-0.4, -0.2) is 31.4 Å². The van der Waals surface area contributed by atoms with E-state index in [1.807, 2.05) is 40.1 Å². The minimum Gasteiger partial charge on any atom is -0.350 e. The van der Waals surface area contributed by atoms with Crippen LogP contribution in [0.4, 0.5) is 0 Å². The van der Waals surface area contributed by atoms with E-state index in [4.69, 9.17) is 0 Å². The van der Waals surface area contributed by atoms with Crippen molar-refractivity contribution in [2.75, 3.05) is 20.6 Å². The van der Waals surface area contributed by atoms with Crippen LogP contribution in [0.3, 0.4) is 0 Å². The van der Waals surface area contributed by atoms with Gasteiger partial charge in [-0.25, -0.2) is 0 Å². The minimum atomic E-state index is 0.0280. The Morgan fingerprint density at radius 3 is 2.78 bits per heavy atom. The molecule has 3 nitrogen and oxygen atoms in total. The Kier molecular flexibility index (Phi) is 6.09. The monoisotopic (exact) mass is 266 g/mol. The van der Waals surface area contributed by atoms with Crippen molar-refractivity contribution in [3.63, 3.8) is 0 Å². The second-order valence-electron chi connectivity index (χ2n) is 4.50. The van der Waals surface area contributed by atoms with Crippen LogP contribution in [0.15, 0.2) is 29.2 Å². The summed E-state index contributed by atoms with van der Waals surface area (Å²) < 4.78 is 0. The number of rotatable bonds is 6. The molecule has 1 atom stereocenters. The fourth-order valence-corrected chi connectivity index (χ4v) is 2.67. The molecular weight excluding hydrogens is 244 g/mol. The molecule has 0 radical (unpaired) electrons. The molecular formula is C14H22N2OS. The molecule has 1 aromatic rings. The van der Waals surface area contributed by atoms with Gasteiger partial charge >= 0.3 is 0 Å². The molecule has 0 aliphatic rings. The lowest BCUT2D eigenvalue weighted by Gasteiger charge is -2.23. The van der Waals surface area contributed by atoms with Crippen molar-refractivity contribution in [3.05, 3.63) is 34.0 Å². The SMILES string of the molecule is CC/C=C(/C)C(=O)NCC(c1cccs1)N(C)C. The highest BCUT2D eigenvalue weighted by molar-refractivity contribution is 7.10. The van der Waals surface area contributed by atoms with Gasteiger partial charge in [-0.05, 0) is 38.9 Å². The number of thiophene rings is 1. The molecule has 1 heterocycles. The van der Waals surface area contributed by atoms with Gasteiger partial charge in [0.2, 0.25) is 5.91 Å². The van der Waals surface area contributed by atoms with Gasteiger partial charge in [0, 0.05) is 17.0 Å². The number of carbonyl (C=O) groups excluding carboxylic acids is 1. The van der Waals surface area contributed by atoms with Gasteiger partial charge in [-0.3, -0.25) is 4.79 Å². The van der Waals surface area contributed by atoms with E-state index in [2.05, 4.69) is 21.7 Å². The molecule has 0 bridgehead atoms. The molecule has 0 spiro atoms. The molecule has 1 aromatic heterocycles. The summed E-state index contributed by atoms with van der Waals surface area (Å²) >= 11 is 1.72. The van der Waals surface area contributed by atoms with Crippen LogP contribution in [0.1, 0.15) is 31.2 Å². The first kappa shape index (κ1) is 14.9. The van der Waals surface area contributed by atoms with Crippen molar-refractivity contribution in [2.24, 2.45) is 0 Å². The zero-order chi connectivity index (χ0) is 13.5. The number of hydrogen-bond donors (Lipinski definition) is 1. The number of amides is 1. The predicted octanol–water partition coefficient (Wildman–Crippen LogP) is 2.82. The molecule has 100 valence electrons. The van der Waals surface area contributed by atoms with Gasteiger partial charge in [0.05, 0.1) is 6.04 Å². The second kappa shape index (κ2) is 7.34. The summed E-state index contributed by atoms with van der Waals surface area (Å²) in [6.45, 7) is 4.53. The number of likely N-dealkylation sites (N-methyl/N-ethyl adjacent to an activating group) is 1. The fourth-order valence-electron chi connectivity index (χ4n) is 1.75. The third-order valence-electron chi connectivity index (χ3n) is 2.82. The number of allylic oxidation sites excluding steroid dienone is 1. The number of carbonyl (C=O) groups is 1. The lowest BCUT2D eigenvalue weighted by atomic mass is 10.2. The van der Waals surface area contributed by atoms with E-state index in [0.29, 0.717) is 6.54 Å². The van der Waals surface area contributed by atoms with Crippen LogP contribution in [0.2, 0.25) is 0 Å². The Morgan fingerprint density at radius 2 is 2.28 bits per heavy atom. The van der Waals surface area contributed by atoms with Crippen molar-refractivity contribution in [1.29, 1.82) is 0 Å². The van der Waals surface area contributed by atoms with E-state index >= 15 is 0 Å². The Labute approximate surface area is 114 Å². The molecule has 4 heteroatoms. The Balaban J connectivity index is 2.59. The third kappa shape index (κ3) is 4.27. The third-order valence-corrected chi connectivity index (χ3v) is 3.79. The van der Waals surface area contributed by atoms with Gasteiger partial charge < -0.3 is 10.2 Å². The molecule has 18 heavy (non-hydrogen) atoms. The molecule has 1 rings (SSSR count). The molecule has 0 fully saturated rings. The van der Waals surface area contributed by atoms with Crippen LogP contribution in [0.5, 0.6) is 0 Å². The first-order valence-corrected chi connectivity index (χ1v) is 7.09. The zero-order valence-electron chi connectivity index (χ0n) is 11.6. The summed E-state index contributed by atoms with van der Waals surface area (Å²) in [4.78, 5) is 15.2. The van der Waals surface area contributed by atoms with Crippen LogP contribution >= 0.6 is 11.3 Å². The maximum atomic E-state index is 11.8. The Bertz CT molecular complexity index is 396. The highest BCUT2D eigenvalue weighted by Crippen LogP contribution is 2.22. The topological polar surface area (TPSA) is 32.3 Å². The summed E-state index contributed by atoms with van der Waals surface area (Å²) in [5.41, 5.74) is 0.793. The summed E-state index contributed by atoms with van der Waals surface area (Å²) in [6.07, 6.45) is 2.84. The summed E-state index contributed by atoms with van der Waals surface area (Å²) in [6, 6.07) is 4.39. The van der Waals surface area contributed by atoms with Gasteiger partial charge in [-0.15, -0.1) is 11.3 Å². The summed E-state index contributed by atoms with van der Waals surface area (Å²) in [7, 11) is 4.07. The van der Waals surface area contributed by atoms with Gasteiger partial charge in [0.15, 0.2) is 0 Å². The highest BCUT2D eigenvalue weighted by Gasteiger charge is 2.16. The molecule has 0 saturated heterocycles. The quantitative estimate of drug-likeness (QED) is 0.803. The largest absolute Gasteiger partial charge is 0.350 e. The van der Waals surface area contributed by atoms with Crippen molar-refractivity contribution in [1.82, 2.24) is 10.2 Å². The van der Waals surface area contributed by atoms with Gasteiger partial charge in [0.1, 0.15) is 0 Å². The fraction of sp³-hybridized carbons (Fsp3) is 0.500. The average Bonchev–Trinajstić information content (AvgIpc) is 2.82. The van der Waals surface area contributed by atoms with Gasteiger partial charge in [-0.1, -0.05) is 19.1 Å². The van der Waals surface area contributed by atoms with E-state index < -0.39 is 0 Å². The molecule has 0 aliphatic heterocycles. The van der Waals surface area contributed by atoms with Crippen molar-refractivity contribution in [2.45, 2.75) is 26.3 Å². The first-order chi connectivity index (χ1) is 8.56. The van der Waals surface area contributed by atoms with E-state index in [9.17, 15) is 4.79 Å². The van der Waals surface area contributed by atoms with Crippen LogP contribution in [-0.2, 0) is 4.79 Å². The van der Waals surface area contributed by atoms with E-state index in [1.54, 1.807) is 11.3 Å². The predicted molar refractivity (Wildman–Crippen MR) is 77.8 cm³/mol. The minimum absolute atomic E-state index is 0.0280. The summed E-state index contributed by atoms with van der Waals surface area (Å²) in [5, 5.41) is 5.06. The van der Waals surface area contributed by atoms with Gasteiger partial charge in [-0.2, -0.15) is 0 Å². The first-order valence-electron chi connectivity index (χ1n) is 6.21. The Morgan fingerprint density at radius 1 is 1.56 bits per heavy atom. The average molecular weight is 266 g/mol. The van der Waals surface area contributed by atoms with E-state index in [0.717, 1.165) is 12.0 Å². The van der Waals surface area contributed by atoms with Crippen LogP contribution < -0.4 is 5.32 Å². The van der Waals surface area contributed by atoms with Crippen molar-refractivity contribution >= 4 is 17.2 Å². The molecule has 1 N–H and O–H groups in total. The van der Waals surface area contributed by atoms with Crippen molar-refractivity contribution in [3.8, 4) is 0 Å². The smallest absolute Gasteiger partial charge is 0.246 e. The van der Waals surface area contributed by atoms with Crippen LogP contribution in [0.25, 0.3) is 0 Å². The summed E-state index contributed by atoms with van der Waals surface area (Å²) in [5.74, 6) is 0.0280. The highest BCUT2D eigenvalue weighted by atomic mass is 32.1. The lowest BCUT2D eigenvalue weighted by Crippen LogP contribution is -2.34. The standard InChI is InChI=1S/C14H22N2OS/c1-5-7-11(2)14(17)15-10-12(16(3)4)13-8-6-9-18-13/h6-9,12H,5,10H2,1-4H3,(H,15,17)/b11-7-.